The lowest BCUT2D eigenvalue weighted by Crippen LogP contribution is -2.50. The molecule has 0 spiro atoms. The topological polar surface area (TPSA) is 89.9 Å². The van der Waals surface area contributed by atoms with Crippen LogP contribution in [0.4, 0.5) is 5.69 Å². The number of hydrogen-bond donors (Lipinski definition) is 0. The van der Waals surface area contributed by atoms with Gasteiger partial charge in [0, 0.05) is 63.4 Å². The Hall–Kier alpha value is -2.95. The minimum Gasteiger partial charge on any atom is -0.473 e. The number of morpholine rings is 1. The van der Waals surface area contributed by atoms with Gasteiger partial charge in [-0.3, -0.25) is 9.78 Å². The Kier molecular flexibility index (Phi) is 8.60. The number of rotatable bonds is 6. The van der Waals surface area contributed by atoms with E-state index in [-0.39, 0.29) is 38.0 Å². The molecular formula is C26H33N5O4S. The number of nitrogens with zero attached hydrogens (tertiary/aromatic N) is 5. The van der Waals surface area contributed by atoms with Crippen molar-refractivity contribution in [2.75, 3.05) is 58.5 Å². The van der Waals surface area contributed by atoms with Gasteiger partial charge in [-0.15, -0.1) is 0 Å². The fraction of sp³-hybridized carbons (Fsp3) is 0.462. The standard InChI is InChI=1S/C26H31N5O4.H2S/c1-30(2)20-5-3-18(4-6-20)22-15-23-24(28-10-9-27-23)25(29-22)35-17-21-16-31(11-14-34-21)26(32)19-7-12-33-13-8-19;/h3-6,9-10,15,19,21H,7-8,11-14,16-17H2,1-2H3;1H2/t21-;/m0./s1. The minimum absolute atomic E-state index is 0. The number of carbonyl (C=O) groups excluding carboxylic acids is 1. The lowest BCUT2D eigenvalue weighted by atomic mass is 9.98. The normalized spacial score (nSPS) is 18.5. The van der Waals surface area contributed by atoms with Crippen LogP contribution in [0.2, 0.25) is 0 Å². The van der Waals surface area contributed by atoms with Crippen LogP contribution in [0.25, 0.3) is 22.3 Å². The highest BCUT2D eigenvalue weighted by atomic mass is 32.1. The molecule has 0 saturated carbocycles. The molecule has 1 aromatic carbocycles. The number of anilines is 1. The molecule has 0 unspecified atom stereocenters. The summed E-state index contributed by atoms with van der Waals surface area (Å²) in [4.78, 5) is 30.6. The Balaban J connectivity index is 0.00000304. The van der Waals surface area contributed by atoms with Crippen LogP contribution < -0.4 is 9.64 Å². The van der Waals surface area contributed by atoms with E-state index in [1.54, 1.807) is 12.4 Å². The molecule has 2 saturated heterocycles. The van der Waals surface area contributed by atoms with Crippen molar-refractivity contribution in [2.45, 2.75) is 18.9 Å². The monoisotopic (exact) mass is 511 g/mol. The zero-order valence-electron chi connectivity index (χ0n) is 20.7. The second-order valence-electron chi connectivity index (χ2n) is 9.15. The summed E-state index contributed by atoms with van der Waals surface area (Å²) in [5.74, 6) is 0.651. The summed E-state index contributed by atoms with van der Waals surface area (Å²) in [7, 11) is 4.02. The number of amides is 1. The molecule has 1 atom stereocenters. The summed E-state index contributed by atoms with van der Waals surface area (Å²) in [6.45, 7) is 3.19. The van der Waals surface area contributed by atoms with Gasteiger partial charge in [0.1, 0.15) is 12.7 Å². The molecule has 0 N–H and O–H groups in total. The fourth-order valence-corrected chi connectivity index (χ4v) is 4.52. The highest BCUT2D eigenvalue weighted by Gasteiger charge is 2.31. The molecule has 10 heteroatoms. The molecule has 0 bridgehead atoms. The summed E-state index contributed by atoms with van der Waals surface area (Å²) in [5, 5.41) is 0. The van der Waals surface area contributed by atoms with Crippen LogP contribution in [-0.2, 0) is 14.3 Å². The number of carbonyl (C=O) groups is 1. The van der Waals surface area contributed by atoms with Crippen molar-refractivity contribution in [3.8, 4) is 17.1 Å². The first-order chi connectivity index (χ1) is 17.1. The summed E-state index contributed by atoms with van der Waals surface area (Å²) in [6, 6.07) is 10.1. The van der Waals surface area contributed by atoms with Gasteiger partial charge in [-0.1, -0.05) is 12.1 Å². The maximum atomic E-state index is 13.0. The van der Waals surface area contributed by atoms with Crippen LogP contribution in [0, 0.1) is 5.92 Å². The minimum atomic E-state index is -0.232. The Bertz CT molecular complexity index is 1170. The summed E-state index contributed by atoms with van der Waals surface area (Å²) in [5.41, 5.74) is 4.16. The van der Waals surface area contributed by atoms with Gasteiger partial charge in [0.15, 0.2) is 5.52 Å². The van der Waals surface area contributed by atoms with Crippen LogP contribution in [0.15, 0.2) is 42.7 Å². The molecule has 2 aromatic heterocycles. The number of ether oxygens (including phenoxy) is 3. The van der Waals surface area contributed by atoms with Gasteiger partial charge in [0.25, 0.3) is 0 Å². The van der Waals surface area contributed by atoms with E-state index in [0.29, 0.717) is 49.8 Å². The van der Waals surface area contributed by atoms with Crippen molar-refractivity contribution < 1.29 is 19.0 Å². The SMILES string of the molecule is CN(C)c1ccc(-c2cc3nccnc3c(OC[C@@H]3CN(C(=O)C4CCOCC4)CCO3)n2)cc1.S. The van der Waals surface area contributed by atoms with Gasteiger partial charge in [-0.05, 0) is 31.0 Å². The average molecular weight is 512 g/mol. The molecule has 2 fully saturated rings. The molecule has 3 aromatic rings. The van der Waals surface area contributed by atoms with Crippen molar-refractivity contribution in [3.05, 3.63) is 42.7 Å². The second kappa shape index (κ2) is 11.9. The van der Waals surface area contributed by atoms with Gasteiger partial charge in [0.2, 0.25) is 11.8 Å². The molecule has 4 heterocycles. The van der Waals surface area contributed by atoms with Crippen LogP contribution in [-0.4, -0.2) is 85.5 Å². The molecular weight excluding hydrogens is 478 g/mol. The van der Waals surface area contributed by atoms with E-state index in [1.807, 2.05) is 37.2 Å². The molecule has 2 aliphatic rings. The Morgan fingerprint density at radius 2 is 1.86 bits per heavy atom. The van der Waals surface area contributed by atoms with E-state index in [2.05, 4.69) is 27.0 Å². The van der Waals surface area contributed by atoms with Crippen LogP contribution >= 0.6 is 13.5 Å². The van der Waals surface area contributed by atoms with E-state index in [1.165, 1.54) is 0 Å². The molecule has 5 rings (SSSR count). The molecule has 2 aliphatic heterocycles. The quantitative estimate of drug-likeness (QED) is 0.499. The van der Waals surface area contributed by atoms with Crippen molar-refractivity contribution in [2.24, 2.45) is 5.92 Å². The lowest BCUT2D eigenvalue weighted by molar-refractivity contribution is -0.147. The van der Waals surface area contributed by atoms with Crippen LogP contribution in [0.5, 0.6) is 5.88 Å². The number of benzene rings is 1. The smallest absolute Gasteiger partial charge is 0.242 e. The first kappa shape index (κ1) is 26.1. The first-order valence-corrected chi connectivity index (χ1v) is 12.1. The van der Waals surface area contributed by atoms with E-state index in [0.717, 1.165) is 29.8 Å². The zero-order valence-corrected chi connectivity index (χ0v) is 21.7. The maximum absolute atomic E-state index is 13.0. The predicted molar refractivity (Wildman–Crippen MR) is 143 cm³/mol. The van der Waals surface area contributed by atoms with Gasteiger partial charge >= 0.3 is 0 Å². The second-order valence-corrected chi connectivity index (χ2v) is 9.15. The van der Waals surface area contributed by atoms with Crippen LogP contribution in [0.1, 0.15) is 12.8 Å². The highest BCUT2D eigenvalue weighted by Crippen LogP contribution is 2.28. The summed E-state index contributed by atoms with van der Waals surface area (Å²) < 4.78 is 17.5. The number of pyridine rings is 1. The first-order valence-electron chi connectivity index (χ1n) is 12.1. The van der Waals surface area contributed by atoms with Gasteiger partial charge in [-0.25, -0.2) is 9.97 Å². The molecule has 0 aliphatic carbocycles. The Morgan fingerprint density at radius 3 is 2.61 bits per heavy atom. The fourth-order valence-electron chi connectivity index (χ4n) is 4.52. The zero-order chi connectivity index (χ0) is 24.2. The maximum Gasteiger partial charge on any atom is 0.242 e. The molecule has 9 nitrogen and oxygen atoms in total. The Morgan fingerprint density at radius 1 is 1.11 bits per heavy atom. The van der Waals surface area contributed by atoms with Crippen molar-refractivity contribution in [1.82, 2.24) is 19.9 Å². The van der Waals surface area contributed by atoms with E-state index in [4.69, 9.17) is 19.2 Å². The van der Waals surface area contributed by atoms with E-state index in [9.17, 15) is 4.79 Å². The molecule has 0 radical (unpaired) electrons. The Labute approximate surface area is 218 Å². The third kappa shape index (κ3) is 5.88. The van der Waals surface area contributed by atoms with Gasteiger partial charge in [-0.2, -0.15) is 13.5 Å². The lowest BCUT2D eigenvalue weighted by Gasteiger charge is -2.35. The van der Waals surface area contributed by atoms with Gasteiger partial charge < -0.3 is 24.0 Å². The van der Waals surface area contributed by atoms with Crippen molar-refractivity contribution in [1.29, 1.82) is 0 Å². The van der Waals surface area contributed by atoms with Crippen LogP contribution in [0.3, 0.4) is 0 Å². The van der Waals surface area contributed by atoms with Gasteiger partial charge in [0.05, 0.1) is 24.4 Å². The summed E-state index contributed by atoms with van der Waals surface area (Å²) >= 11 is 0. The number of fused-ring (bicyclic) bond motifs is 1. The third-order valence-corrected chi connectivity index (χ3v) is 6.53. The predicted octanol–water partition coefficient (Wildman–Crippen LogP) is 2.90. The van der Waals surface area contributed by atoms with E-state index >= 15 is 0 Å². The largest absolute Gasteiger partial charge is 0.473 e. The number of aromatic nitrogens is 3. The average Bonchev–Trinajstić information content (AvgIpc) is 2.92. The molecule has 192 valence electrons. The summed E-state index contributed by atoms with van der Waals surface area (Å²) in [6.07, 6.45) is 4.63. The highest BCUT2D eigenvalue weighted by molar-refractivity contribution is 7.59. The van der Waals surface area contributed by atoms with Crippen molar-refractivity contribution >= 4 is 36.1 Å². The molecule has 1 amide bonds. The molecule has 36 heavy (non-hydrogen) atoms. The van der Waals surface area contributed by atoms with E-state index < -0.39 is 0 Å². The van der Waals surface area contributed by atoms with Crippen molar-refractivity contribution in [3.63, 3.8) is 0 Å². The number of hydrogen-bond acceptors (Lipinski definition) is 8. The third-order valence-electron chi connectivity index (χ3n) is 6.53.